The average Bonchev–Trinajstić information content (AvgIpc) is 2.01. The van der Waals surface area contributed by atoms with Crippen LogP contribution in [0.3, 0.4) is 0 Å². The Balaban J connectivity index is 2.92. The monoisotopic (exact) mass is 198 g/mol. The van der Waals surface area contributed by atoms with Gasteiger partial charge in [0.15, 0.2) is 0 Å². The number of hydrogen-bond acceptors (Lipinski definition) is 0. The smallest absolute Gasteiger partial charge is 0.0972 e. The molecule has 0 aliphatic rings. The molecular formula is C12H27Al. The Morgan fingerprint density at radius 2 is 1.15 bits per heavy atom. The second-order valence-corrected chi connectivity index (χ2v) is 7.25. The maximum Gasteiger partial charge on any atom is 0.236 e. The van der Waals surface area contributed by atoms with Gasteiger partial charge in [0.2, 0.25) is 15.2 Å². The number of rotatable bonds is 8. The molecule has 0 aromatic heterocycles. The van der Waals surface area contributed by atoms with Crippen molar-refractivity contribution in [3.8, 4) is 0 Å². The highest BCUT2D eigenvalue weighted by Crippen LogP contribution is 2.10. The van der Waals surface area contributed by atoms with Crippen LogP contribution in [-0.4, -0.2) is 15.2 Å². The molecule has 0 nitrogen and oxygen atoms in total. The standard InChI is InChI=1S/2C6H13.Al.H/c2*1-4-5-6(2)3;;/h2*6H,1,4-5H2,2-3H3;;. The van der Waals surface area contributed by atoms with Crippen molar-refractivity contribution in [2.75, 3.05) is 0 Å². The third-order valence-corrected chi connectivity index (χ3v) is 4.56. The van der Waals surface area contributed by atoms with E-state index in [1.54, 1.807) is 10.6 Å². The fourth-order valence-corrected chi connectivity index (χ4v) is 3.27. The van der Waals surface area contributed by atoms with Crippen molar-refractivity contribution in [2.24, 2.45) is 11.8 Å². The van der Waals surface area contributed by atoms with Crippen LogP contribution in [0.5, 0.6) is 0 Å². The van der Waals surface area contributed by atoms with E-state index in [1.807, 2.05) is 0 Å². The molecule has 0 saturated carbocycles. The Kier molecular flexibility index (Phi) is 9.47. The van der Waals surface area contributed by atoms with Gasteiger partial charge in [0.25, 0.3) is 0 Å². The zero-order chi connectivity index (χ0) is 10.1. The van der Waals surface area contributed by atoms with Crippen LogP contribution in [0.15, 0.2) is 0 Å². The van der Waals surface area contributed by atoms with Gasteiger partial charge in [0, 0.05) is 0 Å². The first-order valence-electron chi connectivity index (χ1n) is 6.13. The zero-order valence-corrected chi connectivity index (χ0v) is 11.5. The van der Waals surface area contributed by atoms with Crippen molar-refractivity contribution in [3.63, 3.8) is 0 Å². The normalized spacial score (nSPS) is 11.2. The molecule has 0 aromatic rings. The highest BCUT2D eigenvalue weighted by Gasteiger charge is 1.98. The van der Waals surface area contributed by atoms with Crippen LogP contribution in [0.1, 0.15) is 53.4 Å². The van der Waals surface area contributed by atoms with Gasteiger partial charge in [0.1, 0.15) is 0 Å². The maximum atomic E-state index is 2.33. The Labute approximate surface area is 91.2 Å². The topological polar surface area (TPSA) is 0 Å². The van der Waals surface area contributed by atoms with E-state index in [0.29, 0.717) is 15.2 Å². The zero-order valence-electron chi connectivity index (χ0n) is 10.1. The second kappa shape index (κ2) is 9.10. The molecule has 13 heavy (non-hydrogen) atoms. The van der Waals surface area contributed by atoms with E-state index >= 15 is 0 Å². The van der Waals surface area contributed by atoms with Gasteiger partial charge >= 0.3 is 0 Å². The second-order valence-electron chi connectivity index (χ2n) is 5.13. The molecule has 0 rings (SSSR count). The van der Waals surface area contributed by atoms with Crippen molar-refractivity contribution < 1.29 is 0 Å². The summed E-state index contributed by atoms with van der Waals surface area (Å²) in [6.07, 6.45) is 5.92. The van der Waals surface area contributed by atoms with Gasteiger partial charge in [-0.15, -0.1) is 0 Å². The molecule has 0 aromatic carbocycles. The van der Waals surface area contributed by atoms with Crippen LogP contribution >= 0.6 is 0 Å². The van der Waals surface area contributed by atoms with Gasteiger partial charge in [-0.25, -0.2) is 0 Å². The molecular weight excluding hydrogens is 171 g/mol. The molecule has 0 N–H and O–H groups in total. The van der Waals surface area contributed by atoms with Crippen molar-refractivity contribution >= 4 is 15.2 Å². The molecule has 0 radical (unpaired) electrons. The Hall–Kier alpha value is 0.532. The minimum atomic E-state index is 0.325. The van der Waals surface area contributed by atoms with Gasteiger partial charge in [-0.3, -0.25) is 0 Å². The lowest BCUT2D eigenvalue weighted by molar-refractivity contribution is 0.568. The molecule has 0 aliphatic carbocycles. The van der Waals surface area contributed by atoms with Crippen LogP contribution in [-0.2, 0) is 0 Å². The van der Waals surface area contributed by atoms with E-state index in [0.717, 1.165) is 11.8 Å². The summed E-state index contributed by atoms with van der Waals surface area (Å²) < 4.78 is 0. The van der Waals surface area contributed by atoms with E-state index in [4.69, 9.17) is 0 Å². The van der Waals surface area contributed by atoms with Crippen molar-refractivity contribution in [1.82, 2.24) is 0 Å². The maximum absolute atomic E-state index is 2.33. The molecule has 0 bridgehead atoms. The van der Waals surface area contributed by atoms with Gasteiger partial charge in [-0.1, -0.05) is 63.9 Å². The highest BCUT2D eigenvalue weighted by atomic mass is 27.1. The fraction of sp³-hybridized carbons (Fsp3) is 1.00. The summed E-state index contributed by atoms with van der Waals surface area (Å²) in [5, 5.41) is 3.19. The Bertz CT molecular complexity index is 85.3. The largest absolute Gasteiger partial charge is 0.236 e. The van der Waals surface area contributed by atoms with E-state index in [1.165, 1.54) is 25.7 Å². The molecule has 1 heteroatoms. The van der Waals surface area contributed by atoms with Gasteiger partial charge < -0.3 is 0 Å². The van der Waals surface area contributed by atoms with E-state index in [2.05, 4.69) is 27.7 Å². The molecule has 0 spiro atoms. The summed E-state index contributed by atoms with van der Waals surface area (Å²) >= 11 is 0.325. The fourth-order valence-electron chi connectivity index (χ4n) is 1.64. The van der Waals surface area contributed by atoms with Crippen LogP contribution in [0.2, 0.25) is 10.6 Å². The minimum absolute atomic E-state index is 0.325. The average molecular weight is 198 g/mol. The van der Waals surface area contributed by atoms with Crippen molar-refractivity contribution in [2.45, 2.75) is 63.9 Å². The Morgan fingerprint density at radius 3 is 1.46 bits per heavy atom. The lowest BCUT2D eigenvalue weighted by Gasteiger charge is -2.04. The molecule has 0 saturated heterocycles. The summed E-state index contributed by atoms with van der Waals surface area (Å²) in [6, 6.07) is 0. The molecule has 0 heterocycles. The molecule has 0 aliphatic heterocycles. The van der Waals surface area contributed by atoms with E-state index in [-0.39, 0.29) is 0 Å². The first kappa shape index (κ1) is 13.5. The van der Waals surface area contributed by atoms with E-state index < -0.39 is 0 Å². The van der Waals surface area contributed by atoms with Crippen LogP contribution < -0.4 is 0 Å². The lowest BCUT2D eigenvalue weighted by Crippen LogP contribution is -1.94. The SMILES string of the molecule is CC(C)CC[CH2][AlH][CH2]CCC(C)C. The molecule has 0 fully saturated rings. The Morgan fingerprint density at radius 1 is 0.769 bits per heavy atom. The van der Waals surface area contributed by atoms with E-state index in [9.17, 15) is 0 Å². The first-order valence-corrected chi connectivity index (χ1v) is 8.13. The summed E-state index contributed by atoms with van der Waals surface area (Å²) in [7, 11) is 0. The quantitative estimate of drug-likeness (QED) is 0.406. The van der Waals surface area contributed by atoms with Gasteiger partial charge in [0.05, 0.1) is 0 Å². The van der Waals surface area contributed by atoms with Crippen molar-refractivity contribution in [3.05, 3.63) is 0 Å². The molecule has 78 valence electrons. The van der Waals surface area contributed by atoms with Crippen molar-refractivity contribution in [1.29, 1.82) is 0 Å². The summed E-state index contributed by atoms with van der Waals surface area (Å²) in [5.41, 5.74) is 0. The summed E-state index contributed by atoms with van der Waals surface area (Å²) in [4.78, 5) is 0. The van der Waals surface area contributed by atoms with Crippen LogP contribution in [0, 0.1) is 11.8 Å². The van der Waals surface area contributed by atoms with Gasteiger partial charge in [-0.05, 0) is 11.8 Å². The lowest BCUT2D eigenvalue weighted by atomic mass is 10.1. The first-order chi connectivity index (χ1) is 6.13. The minimum Gasteiger partial charge on any atom is -0.0972 e. The summed E-state index contributed by atoms with van der Waals surface area (Å²) in [6.45, 7) is 9.33. The van der Waals surface area contributed by atoms with Gasteiger partial charge in [-0.2, -0.15) is 0 Å². The summed E-state index contributed by atoms with van der Waals surface area (Å²) in [5.74, 6) is 1.84. The van der Waals surface area contributed by atoms with Crippen LogP contribution in [0.25, 0.3) is 0 Å². The highest BCUT2D eigenvalue weighted by molar-refractivity contribution is 6.35. The molecule has 0 amide bonds. The predicted molar refractivity (Wildman–Crippen MR) is 64.9 cm³/mol. The van der Waals surface area contributed by atoms with Crippen LogP contribution in [0.4, 0.5) is 0 Å². The molecule has 0 unspecified atom stereocenters. The third-order valence-electron chi connectivity index (χ3n) is 2.56. The predicted octanol–water partition coefficient (Wildman–Crippen LogP) is 4.13. The molecule has 0 atom stereocenters. The number of hydrogen-bond donors (Lipinski definition) is 0. The third kappa shape index (κ3) is 12.5.